The number of rotatable bonds is 6. The molecule has 3 amide bonds. The molecule has 0 spiro atoms. The van der Waals surface area contributed by atoms with E-state index in [-0.39, 0.29) is 11.4 Å². The molecule has 0 bridgehead atoms. The summed E-state index contributed by atoms with van der Waals surface area (Å²) in [6, 6.07) is 13.7. The minimum absolute atomic E-state index is 0.272. The molecule has 1 N–H and O–H groups in total. The standard InChI is InChI=1S/C20H17ClN2O4S/c1-2-27-16-9-3-13(4-10-16)11-17-19(25)23(20(26)28-17)12-18(24)22-15-7-5-14(21)6-8-15/h3-11H,2,12H2,1H3,(H,22,24)/b17-11+. The van der Waals surface area contributed by atoms with E-state index in [4.69, 9.17) is 16.3 Å². The van der Waals surface area contributed by atoms with Crippen LogP contribution in [-0.2, 0) is 9.59 Å². The van der Waals surface area contributed by atoms with Gasteiger partial charge in [-0.1, -0.05) is 23.7 Å². The lowest BCUT2D eigenvalue weighted by molar-refractivity contribution is -0.127. The van der Waals surface area contributed by atoms with Crippen molar-refractivity contribution in [2.24, 2.45) is 0 Å². The maximum absolute atomic E-state index is 12.5. The van der Waals surface area contributed by atoms with Crippen LogP contribution in [0.2, 0.25) is 5.02 Å². The molecule has 1 aliphatic rings. The molecule has 0 aliphatic carbocycles. The number of hydrogen-bond acceptors (Lipinski definition) is 5. The Morgan fingerprint density at radius 1 is 1.14 bits per heavy atom. The smallest absolute Gasteiger partial charge is 0.294 e. The van der Waals surface area contributed by atoms with Crippen molar-refractivity contribution in [1.29, 1.82) is 0 Å². The monoisotopic (exact) mass is 416 g/mol. The first kappa shape index (κ1) is 20.0. The van der Waals surface area contributed by atoms with Crippen LogP contribution in [0.3, 0.4) is 0 Å². The molecule has 1 aliphatic heterocycles. The van der Waals surface area contributed by atoms with Gasteiger partial charge in [-0.3, -0.25) is 19.3 Å². The van der Waals surface area contributed by atoms with E-state index in [2.05, 4.69) is 5.32 Å². The predicted molar refractivity (Wildman–Crippen MR) is 110 cm³/mol. The molecule has 144 valence electrons. The largest absolute Gasteiger partial charge is 0.494 e. The molecule has 0 atom stereocenters. The number of benzene rings is 2. The van der Waals surface area contributed by atoms with Gasteiger partial charge in [0.1, 0.15) is 12.3 Å². The van der Waals surface area contributed by atoms with Gasteiger partial charge in [-0.25, -0.2) is 0 Å². The lowest BCUT2D eigenvalue weighted by atomic mass is 10.2. The molecule has 0 unspecified atom stereocenters. The third-order valence-corrected chi connectivity index (χ3v) is 4.95. The Morgan fingerprint density at radius 3 is 2.46 bits per heavy atom. The fraction of sp³-hybridized carbons (Fsp3) is 0.150. The molecule has 2 aromatic carbocycles. The zero-order chi connectivity index (χ0) is 20.1. The van der Waals surface area contributed by atoms with E-state index < -0.39 is 17.1 Å². The van der Waals surface area contributed by atoms with E-state index >= 15 is 0 Å². The Bertz CT molecular complexity index is 926. The van der Waals surface area contributed by atoms with Gasteiger partial charge in [-0.15, -0.1) is 0 Å². The Morgan fingerprint density at radius 2 is 1.82 bits per heavy atom. The first-order chi connectivity index (χ1) is 13.5. The first-order valence-corrected chi connectivity index (χ1v) is 9.69. The van der Waals surface area contributed by atoms with Crippen LogP contribution in [-0.4, -0.2) is 35.1 Å². The minimum Gasteiger partial charge on any atom is -0.494 e. The molecule has 6 nitrogen and oxygen atoms in total. The van der Waals surface area contributed by atoms with Gasteiger partial charge in [0.25, 0.3) is 11.1 Å². The number of anilines is 1. The molecule has 1 heterocycles. The molecule has 0 aromatic heterocycles. The predicted octanol–water partition coefficient (Wildman–Crippen LogP) is 4.41. The highest BCUT2D eigenvalue weighted by Crippen LogP contribution is 2.32. The lowest BCUT2D eigenvalue weighted by Crippen LogP contribution is -2.36. The highest BCUT2D eigenvalue weighted by molar-refractivity contribution is 8.18. The molecular weight excluding hydrogens is 400 g/mol. The summed E-state index contributed by atoms with van der Waals surface area (Å²) in [6.45, 7) is 2.11. The van der Waals surface area contributed by atoms with Crippen LogP contribution >= 0.6 is 23.4 Å². The number of nitrogens with zero attached hydrogens (tertiary/aromatic N) is 1. The quantitative estimate of drug-likeness (QED) is 0.706. The fourth-order valence-corrected chi connectivity index (χ4v) is 3.46. The minimum atomic E-state index is -0.491. The third-order valence-electron chi connectivity index (χ3n) is 3.79. The van der Waals surface area contributed by atoms with Crippen LogP contribution in [0.5, 0.6) is 5.75 Å². The molecule has 1 fully saturated rings. The normalized spacial score (nSPS) is 15.2. The first-order valence-electron chi connectivity index (χ1n) is 8.50. The number of hydrogen-bond donors (Lipinski definition) is 1. The summed E-state index contributed by atoms with van der Waals surface area (Å²) in [5.74, 6) is -0.228. The van der Waals surface area contributed by atoms with Crippen LogP contribution in [0.15, 0.2) is 53.4 Å². The van der Waals surface area contributed by atoms with Gasteiger partial charge in [0.15, 0.2) is 0 Å². The summed E-state index contributed by atoms with van der Waals surface area (Å²) < 4.78 is 5.38. The van der Waals surface area contributed by atoms with Crippen LogP contribution in [0.1, 0.15) is 12.5 Å². The maximum atomic E-state index is 12.5. The van der Waals surface area contributed by atoms with E-state index in [0.717, 1.165) is 28.0 Å². The Kier molecular flexibility index (Phi) is 6.38. The zero-order valence-electron chi connectivity index (χ0n) is 15.0. The molecule has 1 saturated heterocycles. The topological polar surface area (TPSA) is 75.7 Å². The van der Waals surface area contributed by atoms with E-state index in [0.29, 0.717) is 17.3 Å². The second kappa shape index (κ2) is 8.95. The average molecular weight is 417 g/mol. The summed E-state index contributed by atoms with van der Waals surface area (Å²) >= 11 is 6.62. The van der Waals surface area contributed by atoms with Gasteiger partial charge in [0, 0.05) is 10.7 Å². The van der Waals surface area contributed by atoms with Crippen molar-refractivity contribution in [3.63, 3.8) is 0 Å². The van der Waals surface area contributed by atoms with Crippen LogP contribution < -0.4 is 10.1 Å². The van der Waals surface area contributed by atoms with Gasteiger partial charge < -0.3 is 10.1 Å². The fourth-order valence-electron chi connectivity index (χ4n) is 2.49. The van der Waals surface area contributed by atoms with Crippen molar-refractivity contribution in [2.45, 2.75) is 6.92 Å². The van der Waals surface area contributed by atoms with Crippen molar-refractivity contribution in [3.05, 3.63) is 64.0 Å². The SMILES string of the molecule is CCOc1ccc(/C=C2/SC(=O)N(CC(=O)Nc3ccc(Cl)cc3)C2=O)cc1. The summed E-state index contributed by atoms with van der Waals surface area (Å²) in [5.41, 5.74) is 1.30. The van der Waals surface area contributed by atoms with Crippen LogP contribution in [0.4, 0.5) is 10.5 Å². The van der Waals surface area contributed by atoms with Crippen molar-refractivity contribution in [1.82, 2.24) is 4.90 Å². The highest BCUT2D eigenvalue weighted by atomic mass is 35.5. The molecule has 28 heavy (non-hydrogen) atoms. The Hall–Kier alpha value is -2.77. The van der Waals surface area contributed by atoms with E-state index in [1.807, 2.05) is 6.92 Å². The molecule has 8 heteroatoms. The summed E-state index contributed by atoms with van der Waals surface area (Å²) in [5, 5.41) is 2.70. The zero-order valence-corrected chi connectivity index (χ0v) is 16.5. The van der Waals surface area contributed by atoms with Gasteiger partial charge in [0.05, 0.1) is 11.5 Å². The Balaban J connectivity index is 1.65. The Labute approximate surface area is 171 Å². The highest BCUT2D eigenvalue weighted by Gasteiger charge is 2.36. The van der Waals surface area contributed by atoms with Gasteiger partial charge in [-0.2, -0.15) is 0 Å². The molecule has 0 saturated carbocycles. The number of nitrogens with one attached hydrogen (secondary N) is 1. The van der Waals surface area contributed by atoms with Crippen molar-refractivity contribution >= 4 is 52.2 Å². The number of halogens is 1. The van der Waals surface area contributed by atoms with E-state index in [9.17, 15) is 14.4 Å². The number of amides is 3. The molecule has 2 aromatic rings. The summed E-state index contributed by atoms with van der Waals surface area (Å²) in [7, 11) is 0. The number of imide groups is 1. The molecule has 0 radical (unpaired) electrons. The van der Waals surface area contributed by atoms with Crippen LogP contribution in [0, 0.1) is 0 Å². The molecule has 3 rings (SSSR count). The summed E-state index contributed by atoms with van der Waals surface area (Å²) in [6.07, 6.45) is 1.62. The molecular formula is C20H17ClN2O4S. The number of carbonyl (C=O) groups is 3. The third kappa shape index (κ3) is 4.94. The summed E-state index contributed by atoms with van der Waals surface area (Å²) in [4.78, 5) is 38.1. The van der Waals surface area contributed by atoms with E-state index in [1.165, 1.54) is 0 Å². The average Bonchev–Trinajstić information content (AvgIpc) is 2.93. The number of carbonyl (C=O) groups excluding carboxylic acids is 3. The van der Waals surface area contributed by atoms with Crippen molar-refractivity contribution in [3.8, 4) is 5.75 Å². The van der Waals surface area contributed by atoms with Gasteiger partial charge in [0.2, 0.25) is 5.91 Å². The second-order valence-electron chi connectivity index (χ2n) is 5.82. The van der Waals surface area contributed by atoms with Gasteiger partial charge >= 0.3 is 0 Å². The van der Waals surface area contributed by atoms with Gasteiger partial charge in [-0.05, 0) is 66.7 Å². The number of thioether (sulfide) groups is 1. The van der Waals surface area contributed by atoms with Crippen molar-refractivity contribution in [2.75, 3.05) is 18.5 Å². The van der Waals surface area contributed by atoms with Crippen molar-refractivity contribution < 1.29 is 19.1 Å². The lowest BCUT2D eigenvalue weighted by Gasteiger charge is -2.12. The maximum Gasteiger partial charge on any atom is 0.294 e. The number of ether oxygens (including phenoxy) is 1. The van der Waals surface area contributed by atoms with Crippen LogP contribution in [0.25, 0.3) is 6.08 Å². The van der Waals surface area contributed by atoms with E-state index in [1.54, 1.807) is 54.6 Å². The second-order valence-corrected chi connectivity index (χ2v) is 7.25.